The summed E-state index contributed by atoms with van der Waals surface area (Å²) in [5.41, 5.74) is -0.259. The molecule has 0 saturated carbocycles. The second-order valence-electron chi connectivity index (χ2n) is 5.66. The Kier molecular flexibility index (Phi) is 5.16. The molecule has 0 spiro atoms. The van der Waals surface area contributed by atoms with E-state index >= 15 is 0 Å². The molecule has 0 aliphatic rings. The van der Waals surface area contributed by atoms with Gasteiger partial charge in [-0.2, -0.15) is 5.10 Å². The van der Waals surface area contributed by atoms with Crippen molar-refractivity contribution in [1.82, 2.24) is 9.66 Å². The SMILES string of the molecule is COC(=O)C(C)Oc1ccccc1C=Nn1c(=O)[nH]c2ccccc2c1=O. The van der Waals surface area contributed by atoms with Crippen molar-refractivity contribution in [3.63, 3.8) is 0 Å². The number of ether oxygens (including phenoxy) is 2. The molecule has 0 aliphatic carbocycles. The first kappa shape index (κ1) is 18.1. The van der Waals surface area contributed by atoms with Crippen LogP contribution in [-0.4, -0.2) is 35.1 Å². The summed E-state index contributed by atoms with van der Waals surface area (Å²) in [6.45, 7) is 1.55. The van der Waals surface area contributed by atoms with Crippen LogP contribution in [0.3, 0.4) is 0 Å². The molecule has 1 unspecified atom stereocenters. The molecule has 3 rings (SSSR count). The van der Waals surface area contributed by atoms with Crippen LogP contribution in [0.4, 0.5) is 0 Å². The van der Waals surface area contributed by atoms with E-state index in [1.807, 2.05) is 0 Å². The number of hydrogen-bond acceptors (Lipinski definition) is 6. The number of para-hydroxylation sites is 2. The molecule has 0 radical (unpaired) electrons. The summed E-state index contributed by atoms with van der Waals surface area (Å²) in [5, 5.41) is 4.34. The summed E-state index contributed by atoms with van der Waals surface area (Å²) in [6, 6.07) is 13.5. The van der Waals surface area contributed by atoms with E-state index in [0.717, 1.165) is 4.68 Å². The summed E-state index contributed by atoms with van der Waals surface area (Å²) in [7, 11) is 1.27. The third-order valence-corrected chi connectivity index (χ3v) is 3.85. The van der Waals surface area contributed by atoms with Crippen molar-refractivity contribution in [2.45, 2.75) is 13.0 Å². The lowest BCUT2D eigenvalue weighted by atomic mass is 10.2. The van der Waals surface area contributed by atoms with E-state index in [1.54, 1.807) is 55.5 Å². The summed E-state index contributed by atoms with van der Waals surface area (Å²) in [6.07, 6.45) is 0.501. The molecule has 0 fully saturated rings. The minimum Gasteiger partial charge on any atom is -0.478 e. The predicted octanol–water partition coefficient (Wildman–Crippen LogP) is 1.51. The number of nitrogens with one attached hydrogen (secondary N) is 1. The van der Waals surface area contributed by atoms with Crippen molar-refractivity contribution in [2.24, 2.45) is 5.10 Å². The molecule has 3 aromatic rings. The highest BCUT2D eigenvalue weighted by molar-refractivity contribution is 5.84. The first-order chi connectivity index (χ1) is 13.0. The second kappa shape index (κ2) is 7.69. The molecule has 2 aromatic carbocycles. The van der Waals surface area contributed by atoms with Gasteiger partial charge in [0.1, 0.15) is 5.75 Å². The zero-order chi connectivity index (χ0) is 19.4. The number of methoxy groups -OCH3 is 1. The molecular formula is C19H17N3O5. The Hall–Kier alpha value is -3.68. The third-order valence-electron chi connectivity index (χ3n) is 3.85. The first-order valence-electron chi connectivity index (χ1n) is 8.13. The summed E-state index contributed by atoms with van der Waals surface area (Å²) >= 11 is 0. The highest BCUT2D eigenvalue weighted by atomic mass is 16.6. The van der Waals surface area contributed by atoms with Gasteiger partial charge in [0.25, 0.3) is 5.56 Å². The number of rotatable bonds is 5. The molecule has 0 bridgehead atoms. The number of carbonyl (C=O) groups is 1. The Morgan fingerprint density at radius 2 is 1.85 bits per heavy atom. The molecule has 1 N–H and O–H groups in total. The number of aromatic amines is 1. The number of carbonyl (C=O) groups excluding carboxylic acids is 1. The normalized spacial score (nSPS) is 12.2. The number of nitrogens with zero attached hydrogens (tertiary/aromatic N) is 2. The van der Waals surface area contributed by atoms with Gasteiger partial charge in [0, 0.05) is 5.56 Å². The van der Waals surface area contributed by atoms with E-state index in [-0.39, 0.29) is 0 Å². The van der Waals surface area contributed by atoms with Gasteiger partial charge in [-0.05, 0) is 31.2 Å². The van der Waals surface area contributed by atoms with Crippen LogP contribution in [-0.2, 0) is 9.53 Å². The van der Waals surface area contributed by atoms with Crippen LogP contribution in [0.15, 0.2) is 63.2 Å². The van der Waals surface area contributed by atoms with Crippen molar-refractivity contribution in [3.05, 3.63) is 74.9 Å². The zero-order valence-electron chi connectivity index (χ0n) is 14.7. The van der Waals surface area contributed by atoms with E-state index in [4.69, 9.17) is 4.74 Å². The lowest BCUT2D eigenvalue weighted by Crippen LogP contribution is -2.32. The average molecular weight is 367 g/mol. The first-order valence-corrected chi connectivity index (χ1v) is 8.13. The monoisotopic (exact) mass is 367 g/mol. The number of fused-ring (bicyclic) bond motifs is 1. The molecule has 0 aliphatic heterocycles. The van der Waals surface area contributed by atoms with Crippen molar-refractivity contribution >= 4 is 23.1 Å². The predicted molar refractivity (Wildman–Crippen MR) is 100 cm³/mol. The molecule has 0 amide bonds. The average Bonchev–Trinajstić information content (AvgIpc) is 2.68. The number of benzene rings is 2. The third kappa shape index (κ3) is 3.79. The number of esters is 1. The summed E-state index contributed by atoms with van der Waals surface area (Å²) < 4.78 is 11.0. The fourth-order valence-electron chi connectivity index (χ4n) is 2.48. The van der Waals surface area contributed by atoms with E-state index in [1.165, 1.54) is 13.3 Å². The minimum absolute atomic E-state index is 0.345. The van der Waals surface area contributed by atoms with Crippen LogP contribution in [0.1, 0.15) is 12.5 Å². The fourth-order valence-corrected chi connectivity index (χ4v) is 2.48. The molecular weight excluding hydrogens is 350 g/mol. The van der Waals surface area contributed by atoms with Gasteiger partial charge >= 0.3 is 11.7 Å². The smallest absolute Gasteiger partial charge is 0.349 e. The lowest BCUT2D eigenvalue weighted by molar-refractivity contribution is -0.147. The van der Waals surface area contributed by atoms with Crippen LogP contribution in [0.2, 0.25) is 0 Å². The van der Waals surface area contributed by atoms with Gasteiger partial charge in [-0.15, -0.1) is 4.68 Å². The minimum atomic E-state index is -0.823. The van der Waals surface area contributed by atoms with Crippen molar-refractivity contribution in [3.8, 4) is 5.75 Å². The number of hydrogen-bond donors (Lipinski definition) is 1. The van der Waals surface area contributed by atoms with Crippen LogP contribution < -0.4 is 16.0 Å². The van der Waals surface area contributed by atoms with Gasteiger partial charge in [-0.1, -0.05) is 24.3 Å². The largest absolute Gasteiger partial charge is 0.478 e. The van der Waals surface area contributed by atoms with Gasteiger partial charge < -0.3 is 14.5 Å². The second-order valence-corrected chi connectivity index (χ2v) is 5.66. The van der Waals surface area contributed by atoms with Gasteiger partial charge in [-0.25, -0.2) is 9.59 Å². The van der Waals surface area contributed by atoms with E-state index < -0.39 is 23.3 Å². The number of H-pyrrole nitrogens is 1. The molecule has 0 saturated heterocycles. The van der Waals surface area contributed by atoms with Crippen LogP contribution in [0.5, 0.6) is 5.75 Å². The van der Waals surface area contributed by atoms with Crippen LogP contribution in [0.25, 0.3) is 10.9 Å². The van der Waals surface area contributed by atoms with Crippen LogP contribution >= 0.6 is 0 Å². The molecule has 8 nitrogen and oxygen atoms in total. The maximum Gasteiger partial charge on any atom is 0.349 e. The van der Waals surface area contributed by atoms with Gasteiger partial charge in [0.15, 0.2) is 6.10 Å². The summed E-state index contributed by atoms with van der Waals surface area (Å²) in [4.78, 5) is 38.8. The Labute approximate surface area is 153 Å². The highest BCUT2D eigenvalue weighted by Crippen LogP contribution is 2.18. The van der Waals surface area contributed by atoms with Gasteiger partial charge in [0.05, 0.1) is 24.2 Å². The topological polar surface area (TPSA) is 103 Å². The van der Waals surface area contributed by atoms with E-state index in [0.29, 0.717) is 22.2 Å². The van der Waals surface area contributed by atoms with E-state index in [2.05, 4.69) is 14.8 Å². The molecule has 1 heterocycles. The number of aromatic nitrogens is 2. The summed E-state index contributed by atoms with van der Waals surface area (Å²) in [5.74, 6) is -0.159. The molecule has 1 atom stereocenters. The highest BCUT2D eigenvalue weighted by Gasteiger charge is 2.16. The fraction of sp³-hybridized carbons (Fsp3) is 0.158. The standard InChI is InChI=1S/C19H17N3O5/c1-12(18(24)26-2)27-16-10-6-3-7-13(16)11-20-22-17(23)14-8-4-5-9-15(14)21-19(22)25/h3-12H,1-2H3,(H,21,25). The Balaban J connectivity index is 1.98. The maximum atomic E-state index is 12.5. The molecule has 1 aromatic heterocycles. The quantitative estimate of drug-likeness (QED) is 0.544. The van der Waals surface area contributed by atoms with Gasteiger partial charge in [-0.3, -0.25) is 4.79 Å². The Morgan fingerprint density at radius 3 is 2.63 bits per heavy atom. The molecule has 27 heavy (non-hydrogen) atoms. The van der Waals surface area contributed by atoms with Crippen molar-refractivity contribution < 1.29 is 14.3 Å². The Morgan fingerprint density at radius 1 is 1.15 bits per heavy atom. The van der Waals surface area contributed by atoms with Gasteiger partial charge in [0.2, 0.25) is 0 Å². The van der Waals surface area contributed by atoms with E-state index in [9.17, 15) is 14.4 Å². The van der Waals surface area contributed by atoms with Crippen LogP contribution in [0, 0.1) is 0 Å². The molecule has 8 heteroatoms. The maximum absolute atomic E-state index is 12.5. The molecule has 138 valence electrons. The van der Waals surface area contributed by atoms with Crippen molar-refractivity contribution in [2.75, 3.05) is 7.11 Å². The van der Waals surface area contributed by atoms with Crippen molar-refractivity contribution in [1.29, 1.82) is 0 Å². The Bertz CT molecular complexity index is 1130. The lowest BCUT2D eigenvalue weighted by Gasteiger charge is -2.14. The zero-order valence-corrected chi connectivity index (χ0v) is 14.7.